The van der Waals surface area contributed by atoms with Gasteiger partial charge in [-0.05, 0) is 54.5 Å². The van der Waals surface area contributed by atoms with E-state index in [2.05, 4.69) is 32.6 Å². The van der Waals surface area contributed by atoms with E-state index in [1.54, 1.807) is 11.8 Å². The highest BCUT2D eigenvalue weighted by Crippen LogP contribution is 2.36. The topological polar surface area (TPSA) is 98.6 Å². The van der Waals surface area contributed by atoms with Crippen molar-refractivity contribution in [1.82, 2.24) is 30.2 Å². The van der Waals surface area contributed by atoms with Gasteiger partial charge in [0.1, 0.15) is 22.1 Å². The van der Waals surface area contributed by atoms with Crippen LogP contribution >= 0.6 is 23.1 Å². The van der Waals surface area contributed by atoms with Gasteiger partial charge in [-0.15, -0.1) is 16.4 Å². The number of benzene rings is 2. The second-order valence-corrected chi connectivity index (χ2v) is 10.1. The van der Waals surface area contributed by atoms with Crippen LogP contribution in [0.25, 0.3) is 27.0 Å². The number of thioether (sulfide) groups is 1. The Bertz CT molecular complexity index is 1550. The Morgan fingerprint density at radius 2 is 1.85 bits per heavy atom. The average Bonchev–Trinajstić information content (AvgIpc) is 3.42. The summed E-state index contributed by atoms with van der Waals surface area (Å²) < 4.78 is 7.12. The molecule has 3 heterocycles. The van der Waals surface area contributed by atoms with Crippen molar-refractivity contribution in [2.75, 3.05) is 7.11 Å². The molecule has 0 atom stereocenters. The molecule has 1 N–H and O–H groups in total. The molecule has 0 aliphatic heterocycles. The van der Waals surface area contributed by atoms with E-state index in [9.17, 15) is 4.79 Å². The summed E-state index contributed by atoms with van der Waals surface area (Å²) in [6.07, 6.45) is 0. The minimum absolute atomic E-state index is 0.138. The summed E-state index contributed by atoms with van der Waals surface area (Å²) in [5.74, 6) is 1.66. The summed E-state index contributed by atoms with van der Waals surface area (Å²) >= 11 is 2.93. The van der Waals surface area contributed by atoms with Crippen LogP contribution in [-0.4, -0.2) is 37.3 Å². The standard InChI is InChI=1S/C24H22N6O2S2/c1-13-5-8-16(9-6-13)20-15(3)34-23-21(20)22(31)25-19(26-23)12-33-24-27-28-29-30(24)17-11-14(2)7-10-18(17)32-4/h5-11H,12H2,1-4H3,(H,25,26,31). The van der Waals surface area contributed by atoms with Gasteiger partial charge >= 0.3 is 0 Å². The molecule has 172 valence electrons. The first kappa shape index (κ1) is 22.3. The highest BCUT2D eigenvalue weighted by atomic mass is 32.2. The number of methoxy groups -OCH3 is 1. The summed E-state index contributed by atoms with van der Waals surface area (Å²) in [6, 6.07) is 14.0. The summed E-state index contributed by atoms with van der Waals surface area (Å²) in [5, 5.41) is 13.3. The average molecular weight is 491 g/mol. The maximum Gasteiger partial charge on any atom is 0.260 e. The molecule has 0 unspecified atom stereocenters. The van der Waals surface area contributed by atoms with Crippen LogP contribution < -0.4 is 10.3 Å². The fourth-order valence-corrected chi connectivity index (χ4v) is 5.64. The Kier molecular flexibility index (Phi) is 5.93. The number of aromatic amines is 1. The molecule has 2 aromatic carbocycles. The van der Waals surface area contributed by atoms with Gasteiger partial charge in [0.05, 0.1) is 18.2 Å². The highest BCUT2D eigenvalue weighted by molar-refractivity contribution is 7.98. The number of aryl methyl sites for hydroxylation is 3. The first-order valence-electron chi connectivity index (χ1n) is 10.6. The third-order valence-corrected chi connectivity index (χ3v) is 7.40. The molecule has 34 heavy (non-hydrogen) atoms. The lowest BCUT2D eigenvalue weighted by Gasteiger charge is -2.10. The predicted octanol–water partition coefficient (Wildman–Crippen LogP) is 4.85. The van der Waals surface area contributed by atoms with Crippen molar-refractivity contribution in [2.45, 2.75) is 31.7 Å². The molecule has 8 nitrogen and oxygen atoms in total. The van der Waals surface area contributed by atoms with Gasteiger partial charge in [0.15, 0.2) is 0 Å². The zero-order valence-electron chi connectivity index (χ0n) is 19.1. The molecule has 3 aromatic heterocycles. The molecule has 0 saturated carbocycles. The fraction of sp³-hybridized carbons (Fsp3) is 0.208. The van der Waals surface area contributed by atoms with Crippen LogP contribution in [0.3, 0.4) is 0 Å². The van der Waals surface area contributed by atoms with Crippen molar-refractivity contribution in [3.63, 3.8) is 0 Å². The molecule has 0 spiro atoms. The first-order valence-corrected chi connectivity index (χ1v) is 12.4. The van der Waals surface area contributed by atoms with Crippen molar-refractivity contribution in [3.8, 4) is 22.6 Å². The zero-order chi connectivity index (χ0) is 23.8. The van der Waals surface area contributed by atoms with Crippen LogP contribution in [0.2, 0.25) is 0 Å². The van der Waals surface area contributed by atoms with E-state index in [1.165, 1.54) is 28.7 Å². The van der Waals surface area contributed by atoms with Crippen molar-refractivity contribution >= 4 is 33.3 Å². The first-order chi connectivity index (χ1) is 16.4. The SMILES string of the molecule is COc1ccc(C)cc1-n1nnnc1SCc1nc2sc(C)c(-c3ccc(C)cc3)c2c(=O)[nH]1. The minimum Gasteiger partial charge on any atom is -0.494 e. The zero-order valence-corrected chi connectivity index (χ0v) is 20.8. The number of tetrazole rings is 1. The van der Waals surface area contributed by atoms with Crippen molar-refractivity contribution in [3.05, 3.63) is 74.6 Å². The van der Waals surface area contributed by atoms with E-state index in [0.29, 0.717) is 27.9 Å². The largest absolute Gasteiger partial charge is 0.494 e. The summed E-state index contributed by atoms with van der Waals surface area (Å²) in [4.78, 5) is 22.6. The molecular weight excluding hydrogens is 468 g/mol. The summed E-state index contributed by atoms with van der Waals surface area (Å²) in [5.41, 5.74) is 4.83. The number of rotatable bonds is 6. The number of fused-ring (bicyclic) bond motifs is 1. The number of thiophene rings is 1. The van der Waals surface area contributed by atoms with E-state index in [4.69, 9.17) is 9.72 Å². The molecule has 0 bridgehead atoms. The number of hydrogen-bond acceptors (Lipinski definition) is 8. The van der Waals surface area contributed by atoms with Gasteiger partial charge in [-0.25, -0.2) is 4.98 Å². The van der Waals surface area contributed by atoms with Gasteiger partial charge in [-0.2, -0.15) is 4.68 Å². The van der Waals surface area contributed by atoms with Gasteiger partial charge in [0.25, 0.3) is 5.56 Å². The molecule has 0 fully saturated rings. The van der Waals surface area contributed by atoms with Crippen LogP contribution in [0.1, 0.15) is 21.8 Å². The van der Waals surface area contributed by atoms with Gasteiger partial charge in [0.2, 0.25) is 5.16 Å². The Hall–Kier alpha value is -3.50. The Balaban J connectivity index is 1.46. The van der Waals surface area contributed by atoms with Crippen molar-refractivity contribution < 1.29 is 4.74 Å². The van der Waals surface area contributed by atoms with E-state index in [1.807, 2.05) is 51.1 Å². The molecule has 10 heteroatoms. The van der Waals surface area contributed by atoms with Crippen LogP contribution in [0.5, 0.6) is 5.75 Å². The molecule has 5 rings (SSSR count). The molecule has 0 radical (unpaired) electrons. The number of nitrogens with zero attached hydrogens (tertiary/aromatic N) is 5. The summed E-state index contributed by atoms with van der Waals surface area (Å²) in [7, 11) is 1.61. The van der Waals surface area contributed by atoms with Crippen LogP contribution in [0, 0.1) is 20.8 Å². The lowest BCUT2D eigenvalue weighted by molar-refractivity contribution is 0.410. The molecule has 0 aliphatic carbocycles. The molecule has 0 amide bonds. The quantitative estimate of drug-likeness (QED) is 0.340. The number of aromatic nitrogens is 6. The van der Waals surface area contributed by atoms with E-state index < -0.39 is 0 Å². The lowest BCUT2D eigenvalue weighted by Crippen LogP contribution is -2.11. The normalized spacial score (nSPS) is 11.3. The second kappa shape index (κ2) is 9.03. The predicted molar refractivity (Wildman–Crippen MR) is 135 cm³/mol. The number of nitrogens with one attached hydrogen (secondary N) is 1. The van der Waals surface area contributed by atoms with Gasteiger partial charge < -0.3 is 9.72 Å². The molecule has 5 aromatic rings. The molecular formula is C24H22N6O2S2. The second-order valence-electron chi connectivity index (χ2n) is 7.93. The minimum atomic E-state index is -0.138. The summed E-state index contributed by atoms with van der Waals surface area (Å²) in [6.45, 7) is 6.07. The van der Waals surface area contributed by atoms with Crippen molar-refractivity contribution in [1.29, 1.82) is 0 Å². The number of ether oxygens (including phenoxy) is 1. The lowest BCUT2D eigenvalue weighted by atomic mass is 10.0. The smallest absolute Gasteiger partial charge is 0.260 e. The Morgan fingerprint density at radius 3 is 2.62 bits per heavy atom. The van der Waals surface area contributed by atoms with Crippen molar-refractivity contribution in [2.24, 2.45) is 0 Å². The van der Waals surface area contributed by atoms with E-state index in [0.717, 1.165) is 32.1 Å². The molecule has 0 aliphatic rings. The van der Waals surface area contributed by atoms with Gasteiger partial charge in [-0.1, -0.05) is 47.7 Å². The van der Waals surface area contributed by atoms with Crippen LogP contribution in [0.15, 0.2) is 52.4 Å². The maximum atomic E-state index is 13.1. The number of hydrogen-bond donors (Lipinski definition) is 1. The fourth-order valence-electron chi connectivity index (χ4n) is 3.82. The van der Waals surface area contributed by atoms with E-state index >= 15 is 0 Å². The third-order valence-electron chi connectivity index (χ3n) is 5.47. The van der Waals surface area contributed by atoms with E-state index in [-0.39, 0.29) is 5.56 Å². The maximum absolute atomic E-state index is 13.1. The van der Waals surface area contributed by atoms with Gasteiger partial charge in [0, 0.05) is 10.4 Å². The molecule has 0 saturated heterocycles. The van der Waals surface area contributed by atoms with Crippen LogP contribution in [-0.2, 0) is 5.75 Å². The Morgan fingerprint density at radius 1 is 1.09 bits per heavy atom. The highest BCUT2D eigenvalue weighted by Gasteiger charge is 2.18. The van der Waals surface area contributed by atoms with Crippen LogP contribution in [0.4, 0.5) is 0 Å². The number of H-pyrrole nitrogens is 1. The Labute approximate surface area is 204 Å². The monoisotopic (exact) mass is 490 g/mol. The third kappa shape index (κ3) is 4.10. The van der Waals surface area contributed by atoms with Gasteiger partial charge in [-0.3, -0.25) is 4.79 Å².